The fraction of sp³-hybridized carbons (Fsp3) is 0.333. The van der Waals surface area contributed by atoms with Crippen LogP contribution in [0.25, 0.3) is 0 Å². The maximum absolute atomic E-state index is 13.8. The molecule has 0 aliphatic carbocycles. The molecule has 3 aromatic rings. The quantitative estimate of drug-likeness (QED) is 0.526. The lowest BCUT2D eigenvalue weighted by molar-refractivity contribution is -0.128. The number of rotatable bonds is 6. The van der Waals surface area contributed by atoms with E-state index in [0.29, 0.717) is 31.5 Å². The summed E-state index contributed by atoms with van der Waals surface area (Å²) in [6.45, 7) is 3.08. The van der Waals surface area contributed by atoms with Crippen LogP contribution in [0.4, 0.5) is 4.39 Å². The molecule has 2 aliphatic rings. The number of pyridine rings is 1. The van der Waals surface area contributed by atoms with Crippen LogP contribution in [0.1, 0.15) is 51.6 Å². The van der Waals surface area contributed by atoms with E-state index in [9.17, 15) is 18.8 Å². The van der Waals surface area contributed by atoms with E-state index in [1.807, 2.05) is 30.3 Å². The fourth-order valence-corrected chi connectivity index (χ4v) is 5.23. The summed E-state index contributed by atoms with van der Waals surface area (Å²) in [6.07, 6.45) is 4.92. The van der Waals surface area contributed by atoms with E-state index < -0.39 is 23.5 Å². The minimum Gasteiger partial charge on any atom is -0.353 e. The van der Waals surface area contributed by atoms with E-state index in [0.717, 1.165) is 17.5 Å². The van der Waals surface area contributed by atoms with Gasteiger partial charge in [0.25, 0.3) is 11.8 Å². The molecule has 3 amide bonds. The van der Waals surface area contributed by atoms with Gasteiger partial charge in [-0.2, -0.15) is 0 Å². The van der Waals surface area contributed by atoms with Gasteiger partial charge in [0, 0.05) is 56.0 Å². The molecule has 1 unspecified atom stereocenters. The molecule has 1 atom stereocenters. The van der Waals surface area contributed by atoms with Crippen molar-refractivity contribution < 1.29 is 23.5 Å². The molecular weight excluding hydrogens is 499 g/mol. The van der Waals surface area contributed by atoms with Crippen LogP contribution in [-0.2, 0) is 22.5 Å². The number of hydrogen-bond donors (Lipinski definition) is 1. The summed E-state index contributed by atoms with van der Waals surface area (Å²) in [6, 6.07) is 15.6. The van der Waals surface area contributed by atoms with E-state index in [4.69, 9.17) is 4.74 Å². The van der Waals surface area contributed by atoms with Gasteiger partial charge in [-0.05, 0) is 60.0 Å². The topological polar surface area (TPSA) is 91.8 Å². The van der Waals surface area contributed by atoms with E-state index in [2.05, 4.69) is 17.2 Å². The van der Waals surface area contributed by atoms with Gasteiger partial charge in [-0.25, -0.2) is 4.39 Å². The Kier molecular flexibility index (Phi) is 7.70. The molecule has 2 aromatic carbocycles. The molecule has 1 aromatic heterocycles. The fourth-order valence-electron chi connectivity index (χ4n) is 5.23. The van der Waals surface area contributed by atoms with Gasteiger partial charge in [0.15, 0.2) is 0 Å². The Morgan fingerprint density at radius 3 is 2.28 bits per heavy atom. The predicted molar refractivity (Wildman–Crippen MR) is 142 cm³/mol. The van der Waals surface area contributed by atoms with Crippen molar-refractivity contribution in [2.24, 2.45) is 0 Å². The first-order valence-electron chi connectivity index (χ1n) is 13.2. The molecule has 39 heavy (non-hydrogen) atoms. The number of carbonyl (C=O) groups is 3. The van der Waals surface area contributed by atoms with Gasteiger partial charge in [0.1, 0.15) is 17.6 Å². The first kappa shape index (κ1) is 26.5. The van der Waals surface area contributed by atoms with E-state index in [1.165, 1.54) is 29.2 Å². The van der Waals surface area contributed by atoms with Crippen molar-refractivity contribution in [3.05, 3.63) is 101 Å². The molecule has 2 fully saturated rings. The number of nitrogens with zero attached hydrogens (tertiary/aromatic N) is 3. The van der Waals surface area contributed by atoms with Crippen LogP contribution in [0.3, 0.4) is 0 Å². The summed E-state index contributed by atoms with van der Waals surface area (Å²) in [5.74, 6) is -1.29. The molecule has 0 radical (unpaired) electrons. The molecule has 1 N–H and O–H groups in total. The van der Waals surface area contributed by atoms with Crippen LogP contribution < -0.4 is 5.32 Å². The monoisotopic (exact) mass is 530 g/mol. The van der Waals surface area contributed by atoms with Crippen LogP contribution in [0, 0.1) is 5.82 Å². The predicted octanol–water partition coefficient (Wildman–Crippen LogP) is 3.57. The average Bonchev–Trinajstić information content (AvgIpc) is 3.35. The lowest BCUT2D eigenvalue weighted by Crippen LogP contribution is -2.59. The highest BCUT2D eigenvalue weighted by molar-refractivity contribution is 5.98. The summed E-state index contributed by atoms with van der Waals surface area (Å²) < 4.78 is 19.8. The number of likely N-dealkylation sites (tertiary alicyclic amines) is 1. The number of piperidine rings is 1. The largest absolute Gasteiger partial charge is 0.353 e. The Bertz CT molecular complexity index is 1320. The van der Waals surface area contributed by atoms with Crippen LogP contribution in [-0.4, -0.2) is 64.0 Å². The zero-order chi connectivity index (χ0) is 27.4. The second kappa shape index (κ2) is 11.3. The first-order chi connectivity index (χ1) is 18.9. The third-order valence-electron chi connectivity index (χ3n) is 7.50. The third-order valence-corrected chi connectivity index (χ3v) is 7.50. The lowest BCUT2D eigenvalue weighted by atomic mass is 9.96. The van der Waals surface area contributed by atoms with Gasteiger partial charge in [0.2, 0.25) is 5.91 Å². The van der Waals surface area contributed by atoms with Gasteiger partial charge in [-0.3, -0.25) is 24.3 Å². The summed E-state index contributed by atoms with van der Waals surface area (Å²) in [7, 11) is 0. The molecule has 3 heterocycles. The van der Waals surface area contributed by atoms with Crippen molar-refractivity contribution in [1.29, 1.82) is 0 Å². The smallest absolute Gasteiger partial charge is 0.256 e. The molecule has 9 heteroatoms. The Hall–Kier alpha value is -4.11. The van der Waals surface area contributed by atoms with E-state index in [1.54, 1.807) is 23.4 Å². The summed E-state index contributed by atoms with van der Waals surface area (Å²) in [4.78, 5) is 47.6. The number of hydrogen-bond acceptors (Lipinski definition) is 5. The highest BCUT2D eigenvalue weighted by atomic mass is 19.1. The van der Waals surface area contributed by atoms with Gasteiger partial charge in [0.05, 0.1) is 6.61 Å². The van der Waals surface area contributed by atoms with Crippen molar-refractivity contribution in [1.82, 2.24) is 20.1 Å². The Labute approximate surface area is 226 Å². The number of ether oxygens (including phenoxy) is 1. The minimum absolute atomic E-state index is 0.0260. The van der Waals surface area contributed by atoms with Crippen molar-refractivity contribution in [2.45, 2.75) is 44.5 Å². The summed E-state index contributed by atoms with van der Waals surface area (Å²) in [5.41, 5.74) is 1.81. The Morgan fingerprint density at radius 2 is 1.64 bits per heavy atom. The molecule has 2 saturated heterocycles. The maximum atomic E-state index is 13.8. The summed E-state index contributed by atoms with van der Waals surface area (Å²) >= 11 is 0. The van der Waals surface area contributed by atoms with Crippen LogP contribution >= 0.6 is 0 Å². The van der Waals surface area contributed by atoms with Gasteiger partial charge in [-0.1, -0.05) is 25.1 Å². The Balaban J connectivity index is 1.34. The SMILES string of the molecule is CCc1ccc(C(=O)N2CCC3(CC2)OCC(C(=O)NCc2cccnc2)N3C(=O)c2ccc(F)cc2)cc1. The number of amides is 3. The second-order valence-corrected chi connectivity index (χ2v) is 9.88. The maximum Gasteiger partial charge on any atom is 0.256 e. The normalized spacial score (nSPS) is 18.3. The minimum atomic E-state index is -1.05. The number of halogens is 1. The first-order valence-corrected chi connectivity index (χ1v) is 13.2. The van der Waals surface area contributed by atoms with Crippen molar-refractivity contribution in [3.63, 3.8) is 0 Å². The van der Waals surface area contributed by atoms with Crippen LogP contribution in [0.2, 0.25) is 0 Å². The molecule has 0 bridgehead atoms. The molecule has 202 valence electrons. The second-order valence-electron chi connectivity index (χ2n) is 9.88. The lowest BCUT2D eigenvalue weighted by Gasteiger charge is -2.44. The van der Waals surface area contributed by atoms with E-state index >= 15 is 0 Å². The highest BCUT2D eigenvalue weighted by Crippen LogP contribution is 2.39. The molecule has 1 spiro atoms. The number of benzene rings is 2. The molecule has 8 nitrogen and oxygen atoms in total. The average molecular weight is 531 g/mol. The number of nitrogens with one attached hydrogen (secondary N) is 1. The molecule has 2 aliphatic heterocycles. The third kappa shape index (κ3) is 5.54. The number of carbonyl (C=O) groups excluding carboxylic acids is 3. The molecule has 5 rings (SSSR count). The van der Waals surface area contributed by atoms with Gasteiger partial charge >= 0.3 is 0 Å². The number of aryl methyl sites for hydroxylation is 1. The van der Waals surface area contributed by atoms with Crippen molar-refractivity contribution >= 4 is 17.7 Å². The molecular formula is C30H31FN4O4. The highest BCUT2D eigenvalue weighted by Gasteiger charge is 2.54. The molecule has 0 saturated carbocycles. The zero-order valence-corrected chi connectivity index (χ0v) is 21.8. The van der Waals surface area contributed by atoms with E-state index in [-0.39, 0.29) is 30.5 Å². The Morgan fingerprint density at radius 1 is 0.974 bits per heavy atom. The van der Waals surface area contributed by atoms with Crippen molar-refractivity contribution in [2.75, 3.05) is 19.7 Å². The van der Waals surface area contributed by atoms with Crippen molar-refractivity contribution in [3.8, 4) is 0 Å². The van der Waals surface area contributed by atoms with Crippen LogP contribution in [0.15, 0.2) is 73.1 Å². The summed E-state index contributed by atoms with van der Waals surface area (Å²) in [5, 5.41) is 2.89. The van der Waals surface area contributed by atoms with Gasteiger partial charge < -0.3 is 15.0 Å². The number of aromatic nitrogens is 1. The van der Waals surface area contributed by atoms with Crippen LogP contribution in [0.5, 0.6) is 0 Å². The standard InChI is InChI=1S/C30H31FN4O4/c1-2-21-5-7-23(8-6-21)28(37)34-16-13-30(14-17-34)35(29(38)24-9-11-25(31)12-10-24)26(20-39-30)27(36)33-19-22-4-3-15-32-18-22/h3-12,15,18,26H,2,13-14,16-17,19-20H2,1H3,(H,33,36). The zero-order valence-electron chi connectivity index (χ0n) is 21.8. The van der Waals surface area contributed by atoms with Gasteiger partial charge in [-0.15, -0.1) is 0 Å².